The molecule has 2 amide bonds. The van der Waals surface area contributed by atoms with Crippen molar-refractivity contribution in [1.82, 2.24) is 16.0 Å². The van der Waals surface area contributed by atoms with Gasteiger partial charge in [-0.25, -0.2) is 4.79 Å². The van der Waals surface area contributed by atoms with Gasteiger partial charge in [0.1, 0.15) is 5.60 Å². The van der Waals surface area contributed by atoms with E-state index in [0.29, 0.717) is 30.3 Å². The Morgan fingerprint density at radius 3 is 2.12 bits per heavy atom. The summed E-state index contributed by atoms with van der Waals surface area (Å²) in [6, 6.07) is 15.1. The highest BCUT2D eigenvalue weighted by Gasteiger charge is 2.16. The molecule has 0 unspecified atom stereocenters. The minimum atomic E-state index is -0.530. The molecule has 0 aliphatic carbocycles. The number of hydrogen-bond donors (Lipinski definition) is 4. The fourth-order valence-corrected chi connectivity index (χ4v) is 2.83. The van der Waals surface area contributed by atoms with Crippen LogP contribution in [-0.4, -0.2) is 44.2 Å². The molecule has 8 nitrogen and oxygen atoms in total. The normalized spacial score (nSPS) is 11.5. The monoisotopic (exact) mass is 439 g/mol. The van der Waals surface area contributed by atoms with Crippen LogP contribution in [0.4, 0.5) is 10.5 Å². The highest BCUT2D eigenvalue weighted by molar-refractivity contribution is 5.94. The Morgan fingerprint density at radius 2 is 1.56 bits per heavy atom. The fraction of sp³-hybridized carbons (Fsp3) is 0.375. The second kappa shape index (κ2) is 11.7. The smallest absolute Gasteiger partial charge is 0.412 e. The molecule has 0 saturated heterocycles. The summed E-state index contributed by atoms with van der Waals surface area (Å²) < 4.78 is 5.25. The second-order valence-electron chi connectivity index (χ2n) is 8.20. The molecule has 4 N–H and O–H groups in total. The number of nitrogens with zero attached hydrogens (tertiary/aromatic N) is 1. The summed E-state index contributed by atoms with van der Waals surface area (Å²) in [5.41, 5.74) is 2.97. The Balaban J connectivity index is 1.75. The van der Waals surface area contributed by atoms with E-state index in [1.54, 1.807) is 26.2 Å². The zero-order chi connectivity index (χ0) is 23.6. The standard InChI is InChI=1S/C24H33N5O3/c1-24(2,3)32-23(31)29-20-12-8-17(9-13-20)14-15-27-22(26-5)28-16-18-6-10-19(11-7-18)21(30)25-4/h6-13H,14-16H2,1-5H3,(H,25,30)(H,29,31)(H2,26,27,28). The molecular weight excluding hydrogens is 406 g/mol. The van der Waals surface area contributed by atoms with Gasteiger partial charge >= 0.3 is 6.09 Å². The molecule has 0 heterocycles. The van der Waals surface area contributed by atoms with Crippen LogP contribution in [0.15, 0.2) is 53.5 Å². The summed E-state index contributed by atoms with van der Waals surface area (Å²) in [6.45, 7) is 6.78. The Morgan fingerprint density at radius 1 is 0.938 bits per heavy atom. The minimum Gasteiger partial charge on any atom is -0.444 e. The van der Waals surface area contributed by atoms with Crippen LogP contribution in [0.25, 0.3) is 0 Å². The van der Waals surface area contributed by atoms with Crippen molar-refractivity contribution >= 4 is 23.6 Å². The number of rotatable bonds is 7. The van der Waals surface area contributed by atoms with E-state index < -0.39 is 11.7 Å². The zero-order valence-electron chi connectivity index (χ0n) is 19.4. The van der Waals surface area contributed by atoms with Crippen molar-refractivity contribution in [3.8, 4) is 0 Å². The lowest BCUT2D eigenvalue weighted by Gasteiger charge is -2.19. The number of aliphatic imine (C=N–C) groups is 1. The van der Waals surface area contributed by atoms with Crippen molar-refractivity contribution < 1.29 is 14.3 Å². The van der Waals surface area contributed by atoms with Crippen LogP contribution in [0, 0.1) is 0 Å². The lowest BCUT2D eigenvalue weighted by molar-refractivity contribution is 0.0635. The SMILES string of the molecule is CN=C(NCCc1ccc(NC(=O)OC(C)(C)C)cc1)NCc1ccc(C(=O)NC)cc1. The molecule has 0 fully saturated rings. The molecule has 0 bridgehead atoms. The van der Waals surface area contributed by atoms with Crippen molar-refractivity contribution in [2.75, 3.05) is 26.0 Å². The van der Waals surface area contributed by atoms with E-state index >= 15 is 0 Å². The van der Waals surface area contributed by atoms with Crippen LogP contribution >= 0.6 is 0 Å². The van der Waals surface area contributed by atoms with Crippen molar-refractivity contribution in [3.63, 3.8) is 0 Å². The fourth-order valence-electron chi connectivity index (χ4n) is 2.83. The van der Waals surface area contributed by atoms with E-state index in [0.717, 1.165) is 17.5 Å². The molecule has 0 atom stereocenters. The number of hydrogen-bond acceptors (Lipinski definition) is 4. The highest BCUT2D eigenvalue weighted by atomic mass is 16.6. The topological polar surface area (TPSA) is 104 Å². The van der Waals surface area contributed by atoms with Gasteiger partial charge in [-0.2, -0.15) is 0 Å². The summed E-state index contributed by atoms with van der Waals surface area (Å²) in [6.07, 6.45) is 0.332. The number of ether oxygens (including phenoxy) is 1. The molecule has 32 heavy (non-hydrogen) atoms. The first-order valence-corrected chi connectivity index (χ1v) is 10.5. The van der Waals surface area contributed by atoms with Gasteiger partial charge in [-0.05, 0) is 62.6 Å². The van der Waals surface area contributed by atoms with Gasteiger partial charge in [-0.1, -0.05) is 24.3 Å². The number of nitrogens with one attached hydrogen (secondary N) is 4. The van der Waals surface area contributed by atoms with E-state index in [9.17, 15) is 9.59 Å². The van der Waals surface area contributed by atoms with Crippen LogP contribution in [0.5, 0.6) is 0 Å². The predicted molar refractivity (Wildman–Crippen MR) is 128 cm³/mol. The first kappa shape index (κ1) is 24.7. The molecule has 172 valence electrons. The molecule has 2 aromatic carbocycles. The summed E-state index contributed by atoms with van der Waals surface area (Å²) in [7, 11) is 3.34. The number of carbonyl (C=O) groups is 2. The van der Waals surface area contributed by atoms with E-state index in [-0.39, 0.29) is 5.91 Å². The molecule has 0 aliphatic rings. The maximum Gasteiger partial charge on any atom is 0.412 e. The third-order valence-electron chi connectivity index (χ3n) is 4.43. The van der Waals surface area contributed by atoms with Crippen molar-refractivity contribution in [2.24, 2.45) is 4.99 Å². The van der Waals surface area contributed by atoms with E-state index in [1.165, 1.54) is 0 Å². The second-order valence-corrected chi connectivity index (χ2v) is 8.20. The van der Waals surface area contributed by atoms with E-state index in [1.807, 2.05) is 57.2 Å². The molecule has 2 aromatic rings. The van der Waals surface area contributed by atoms with Crippen LogP contribution < -0.4 is 21.3 Å². The lowest BCUT2D eigenvalue weighted by atomic mass is 10.1. The summed E-state index contributed by atoms with van der Waals surface area (Å²) >= 11 is 0. The molecule has 2 rings (SSSR count). The van der Waals surface area contributed by atoms with Gasteiger partial charge in [0, 0.05) is 38.4 Å². The Hall–Kier alpha value is -3.55. The van der Waals surface area contributed by atoms with Gasteiger partial charge < -0.3 is 20.7 Å². The Labute approximate surface area is 189 Å². The van der Waals surface area contributed by atoms with Crippen LogP contribution in [0.1, 0.15) is 42.3 Å². The average Bonchev–Trinajstić information content (AvgIpc) is 2.75. The number of carbonyl (C=O) groups excluding carboxylic acids is 2. The van der Waals surface area contributed by atoms with Crippen LogP contribution in [0.2, 0.25) is 0 Å². The first-order chi connectivity index (χ1) is 15.2. The third kappa shape index (κ3) is 8.67. The van der Waals surface area contributed by atoms with Gasteiger partial charge in [0.05, 0.1) is 0 Å². The van der Waals surface area contributed by atoms with Gasteiger partial charge in [-0.3, -0.25) is 15.1 Å². The Kier molecular flexibility index (Phi) is 9.07. The Bertz CT molecular complexity index is 916. The van der Waals surface area contributed by atoms with Gasteiger partial charge in [0.15, 0.2) is 5.96 Å². The molecule has 0 radical (unpaired) electrons. The third-order valence-corrected chi connectivity index (χ3v) is 4.43. The quantitative estimate of drug-likeness (QED) is 0.391. The predicted octanol–water partition coefficient (Wildman–Crippen LogP) is 3.30. The van der Waals surface area contributed by atoms with E-state index in [4.69, 9.17) is 4.74 Å². The molecular formula is C24H33N5O3. The summed E-state index contributed by atoms with van der Waals surface area (Å²) in [5.74, 6) is 0.597. The van der Waals surface area contributed by atoms with Crippen LogP contribution in [0.3, 0.4) is 0 Å². The average molecular weight is 440 g/mol. The molecule has 0 spiro atoms. The zero-order valence-corrected chi connectivity index (χ0v) is 19.4. The van der Waals surface area contributed by atoms with Crippen LogP contribution in [-0.2, 0) is 17.7 Å². The largest absolute Gasteiger partial charge is 0.444 e. The summed E-state index contributed by atoms with van der Waals surface area (Å²) in [4.78, 5) is 27.7. The number of benzene rings is 2. The van der Waals surface area contributed by atoms with Crippen molar-refractivity contribution in [3.05, 3.63) is 65.2 Å². The molecule has 0 saturated carbocycles. The van der Waals surface area contributed by atoms with Crippen molar-refractivity contribution in [2.45, 2.75) is 39.3 Å². The van der Waals surface area contributed by atoms with Gasteiger partial charge in [0.2, 0.25) is 0 Å². The van der Waals surface area contributed by atoms with Crippen molar-refractivity contribution in [1.29, 1.82) is 0 Å². The number of guanidine groups is 1. The molecule has 8 heteroatoms. The number of amides is 2. The minimum absolute atomic E-state index is 0.101. The maximum absolute atomic E-state index is 11.8. The summed E-state index contributed by atoms with van der Waals surface area (Å²) in [5, 5.41) is 11.9. The van der Waals surface area contributed by atoms with E-state index in [2.05, 4.69) is 26.3 Å². The maximum atomic E-state index is 11.8. The lowest BCUT2D eigenvalue weighted by Crippen LogP contribution is -2.37. The highest BCUT2D eigenvalue weighted by Crippen LogP contribution is 2.13. The van der Waals surface area contributed by atoms with Gasteiger partial charge in [-0.15, -0.1) is 0 Å². The first-order valence-electron chi connectivity index (χ1n) is 10.5. The van der Waals surface area contributed by atoms with Gasteiger partial charge in [0.25, 0.3) is 5.91 Å². The molecule has 0 aromatic heterocycles. The number of anilines is 1. The molecule has 0 aliphatic heterocycles.